The maximum Gasteiger partial charge on any atom is 0.269 e. The number of hydrogen-bond donors (Lipinski definition) is 1. The van der Waals surface area contributed by atoms with Crippen molar-refractivity contribution < 1.29 is 4.79 Å². The molecule has 0 unspecified atom stereocenters. The first kappa shape index (κ1) is 12.6. The van der Waals surface area contributed by atoms with Crippen molar-refractivity contribution in [2.24, 2.45) is 0 Å². The van der Waals surface area contributed by atoms with Gasteiger partial charge in [-0.15, -0.1) is 11.8 Å². The Kier molecular flexibility index (Phi) is 4.72. The average molecular weight is 259 g/mol. The molecule has 2 aromatic rings. The van der Waals surface area contributed by atoms with Crippen molar-refractivity contribution in [1.29, 1.82) is 0 Å². The van der Waals surface area contributed by atoms with Crippen LogP contribution >= 0.6 is 11.8 Å². The first-order chi connectivity index (χ1) is 8.86. The molecule has 0 saturated carbocycles. The second-order valence-electron chi connectivity index (χ2n) is 3.50. The van der Waals surface area contributed by atoms with Gasteiger partial charge in [0.2, 0.25) is 0 Å². The number of amides is 1. The molecule has 0 bridgehead atoms. The Morgan fingerprint density at radius 2 is 2.00 bits per heavy atom. The standard InChI is InChI=1S/C13H13N3OS/c17-13(12-3-1-2-6-15-12)16-9-10-18-11-4-7-14-8-5-11/h1-8H,9-10H2,(H,16,17). The number of thioether (sulfide) groups is 1. The van der Waals surface area contributed by atoms with Gasteiger partial charge in [-0.25, -0.2) is 0 Å². The largest absolute Gasteiger partial charge is 0.350 e. The minimum Gasteiger partial charge on any atom is -0.350 e. The van der Waals surface area contributed by atoms with Gasteiger partial charge >= 0.3 is 0 Å². The van der Waals surface area contributed by atoms with Gasteiger partial charge in [0.25, 0.3) is 5.91 Å². The van der Waals surface area contributed by atoms with Crippen LogP contribution in [0.3, 0.4) is 0 Å². The lowest BCUT2D eigenvalue weighted by Crippen LogP contribution is -2.26. The first-order valence-corrected chi connectivity index (χ1v) is 6.57. The summed E-state index contributed by atoms with van der Waals surface area (Å²) >= 11 is 1.68. The fraction of sp³-hybridized carbons (Fsp3) is 0.154. The molecule has 2 aromatic heterocycles. The molecule has 0 atom stereocenters. The molecular weight excluding hydrogens is 246 g/mol. The lowest BCUT2D eigenvalue weighted by Gasteiger charge is -2.04. The molecule has 0 aliphatic rings. The third-order valence-corrected chi connectivity index (χ3v) is 3.22. The van der Waals surface area contributed by atoms with Gasteiger partial charge in [-0.3, -0.25) is 14.8 Å². The number of aromatic nitrogens is 2. The fourth-order valence-electron chi connectivity index (χ4n) is 1.36. The maximum absolute atomic E-state index is 11.7. The van der Waals surface area contributed by atoms with Crippen LogP contribution in [0.25, 0.3) is 0 Å². The maximum atomic E-state index is 11.7. The van der Waals surface area contributed by atoms with Crippen molar-refractivity contribution in [3.8, 4) is 0 Å². The summed E-state index contributed by atoms with van der Waals surface area (Å²) < 4.78 is 0. The normalized spacial score (nSPS) is 10.0. The molecule has 0 spiro atoms. The van der Waals surface area contributed by atoms with E-state index in [1.54, 1.807) is 48.6 Å². The zero-order valence-electron chi connectivity index (χ0n) is 9.74. The summed E-state index contributed by atoms with van der Waals surface area (Å²) in [6, 6.07) is 9.19. The Balaban J connectivity index is 1.72. The van der Waals surface area contributed by atoms with Crippen LogP contribution < -0.4 is 5.32 Å². The van der Waals surface area contributed by atoms with Gasteiger partial charge in [-0.05, 0) is 24.3 Å². The van der Waals surface area contributed by atoms with E-state index >= 15 is 0 Å². The monoisotopic (exact) mass is 259 g/mol. The summed E-state index contributed by atoms with van der Waals surface area (Å²) in [5, 5.41) is 2.83. The van der Waals surface area contributed by atoms with Crippen molar-refractivity contribution in [3.63, 3.8) is 0 Å². The Labute approximate surface area is 110 Å². The molecule has 1 amide bonds. The van der Waals surface area contributed by atoms with Crippen molar-refractivity contribution in [1.82, 2.24) is 15.3 Å². The highest BCUT2D eigenvalue weighted by Crippen LogP contribution is 2.14. The van der Waals surface area contributed by atoms with E-state index in [0.29, 0.717) is 12.2 Å². The SMILES string of the molecule is O=C(NCCSc1ccncc1)c1ccccn1. The van der Waals surface area contributed by atoms with Crippen molar-refractivity contribution in [2.75, 3.05) is 12.3 Å². The van der Waals surface area contributed by atoms with Crippen LogP contribution in [0.1, 0.15) is 10.5 Å². The molecule has 2 heterocycles. The summed E-state index contributed by atoms with van der Waals surface area (Å²) in [7, 11) is 0. The van der Waals surface area contributed by atoms with Crippen LogP contribution in [-0.4, -0.2) is 28.2 Å². The van der Waals surface area contributed by atoms with Gasteiger partial charge in [0.05, 0.1) is 0 Å². The number of nitrogens with zero attached hydrogens (tertiary/aromatic N) is 2. The molecule has 2 rings (SSSR count). The van der Waals surface area contributed by atoms with E-state index in [1.165, 1.54) is 0 Å². The quantitative estimate of drug-likeness (QED) is 0.659. The van der Waals surface area contributed by atoms with Crippen LogP contribution in [0.15, 0.2) is 53.8 Å². The Hall–Kier alpha value is -1.88. The summed E-state index contributed by atoms with van der Waals surface area (Å²) in [5.41, 5.74) is 0.450. The van der Waals surface area contributed by atoms with E-state index in [-0.39, 0.29) is 5.91 Å². The van der Waals surface area contributed by atoms with Crippen LogP contribution in [0.4, 0.5) is 0 Å². The summed E-state index contributed by atoms with van der Waals surface area (Å²) in [6.45, 7) is 0.613. The summed E-state index contributed by atoms with van der Waals surface area (Å²) in [4.78, 5) is 20.8. The molecule has 4 nitrogen and oxygen atoms in total. The third kappa shape index (κ3) is 3.85. The molecule has 18 heavy (non-hydrogen) atoms. The predicted molar refractivity (Wildman–Crippen MR) is 71.5 cm³/mol. The van der Waals surface area contributed by atoms with Crippen LogP contribution in [0.5, 0.6) is 0 Å². The van der Waals surface area contributed by atoms with Gasteiger partial charge in [-0.2, -0.15) is 0 Å². The van der Waals surface area contributed by atoms with E-state index in [1.807, 2.05) is 12.1 Å². The summed E-state index contributed by atoms with van der Waals surface area (Å²) in [5.74, 6) is 0.689. The molecular formula is C13H13N3OS. The van der Waals surface area contributed by atoms with Gasteiger partial charge in [0, 0.05) is 35.8 Å². The van der Waals surface area contributed by atoms with Crippen LogP contribution in [0.2, 0.25) is 0 Å². The molecule has 0 fully saturated rings. The van der Waals surface area contributed by atoms with Gasteiger partial charge in [0.15, 0.2) is 0 Å². The molecule has 92 valence electrons. The smallest absolute Gasteiger partial charge is 0.269 e. The number of nitrogens with one attached hydrogen (secondary N) is 1. The second-order valence-corrected chi connectivity index (χ2v) is 4.67. The number of pyridine rings is 2. The van der Waals surface area contributed by atoms with Gasteiger partial charge in [-0.1, -0.05) is 6.07 Å². The van der Waals surface area contributed by atoms with Crippen LogP contribution in [0, 0.1) is 0 Å². The second kappa shape index (κ2) is 6.76. The zero-order chi connectivity index (χ0) is 12.6. The fourth-order valence-corrected chi connectivity index (χ4v) is 2.11. The van der Waals surface area contributed by atoms with Crippen molar-refractivity contribution in [2.45, 2.75) is 4.90 Å². The summed E-state index contributed by atoms with van der Waals surface area (Å²) in [6.07, 6.45) is 5.13. The number of carbonyl (C=O) groups excluding carboxylic acids is 1. The lowest BCUT2D eigenvalue weighted by atomic mass is 10.3. The topological polar surface area (TPSA) is 54.9 Å². The molecule has 0 saturated heterocycles. The number of rotatable bonds is 5. The highest BCUT2D eigenvalue weighted by atomic mass is 32.2. The van der Waals surface area contributed by atoms with Crippen molar-refractivity contribution >= 4 is 17.7 Å². The highest BCUT2D eigenvalue weighted by molar-refractivity contribution is 7.99. The van der Waals surface area contributed by atoms with Crippen LogP contribution in [-0.2, 0) is 0 Å². The Bertz CT molecular complexity index is 490. The number of carbonyl (C=O) groups is 1. The molecule has 1 N–H and O–H groups in total. The third-order valence-electron chi connectivity index (χ3n) is 2.20. The van der Waals surface area contributed by atoms with E-state index in [0.717, 1.165) is 10.6 Å². The lowest BCUT2D eigenvalue weighted by molar-refractivity contribution is 0.0951. The Morgan fingerprint density at radius 1 is 1.17 bits per heavy atom. The van der Waals surface area contributed by atoms with E-state index in [4.69, 9.17) is 0 Å². The van der Waals surface area contributed by atoms with E-state index in [2.05, 4.69) is 15.3 Å². The van der Waals surface area contributed by atoms with Gasteiger partial charge < -0.3 is 5.32 Å². The molecule has 0 aliphatic heterocycles. The zero-order valence-corrected chi connectivity index (χ0v) is 10.6. The molecule has 0 radical (unpaired) electrons. The number of hydrogen-bond acceptors (Lipinski definition) is 4. The average Bonchev–Trinajstić information content (AvgIpc) is 2.45. The molecule has 5 heteroatoms. The molecule has 0 aromatic carbocycles. The minimum atomic E-state index is -0.133. The Morgan fingerprint density at radius 3 is 2.72 bits per heavy atom. The van der Waals surface area contributed by atoms with Gasteiger partial charge in [0.1, 0.15) is 5.69 Å². The molecule has 0 aliphatic carbocycles. The minimum absolute atomic E-state index is 0.133. The highest BCUT2D eigenvalue weighted by Gasteiger charge is 2.04. The first-order valence-electron chi connectivity index (χ1n) is 5.58. The van der Waals surface area contributed by atoms with Crippen molar-refractivity contribution in [3.05, 3.63) is 54.6 Å². The van der Waals surface area contributed by atoms with E-state index in [9.17, 15) is 4.79 Å². The van der Waals surface area contributed by atoms with E-state index < -0.39 is 0 Å². The predicted octanol–water partition coefficient (Wildman–Crippen LogP) is 2.00.